The topological polar surface area (TPSA) is 77.4 Å². The fourth-order valence-corrected chi connectivity index (χ4v) is 2.52. The van der Waals surface area contributed by atoms with Gasteiger partial charge in [-0.2, -0.15) is 10.4 Å². The highest BCUT2D eigenvalue weighted by atomic mass is 15.2. The molecule has 1 aromatic carbocycles. The molecule has 0 bridgehead atoms. The number of nitriles is 1. The molecule has 0 amide bonds. The molecule has 3 rings (SSSR count). The Morgan fingerprint density at radius 3 is 2.86 bits per heavy atom. The van der Waals surface area contributed by atoms with Crippen LogP contribution in [0.15, 0.2) is 30.5 Å². The Bertz CT molecular complexity index is 857. The van der Waals surface area contributed by atoms with E-state index >= 15 is 0 Å². The zero-order valence-electron chi connectivity index (χ0n) is 12.6. The Labute approximate surface area is 129 Å². The molecule has 22 heavy (non-hydrogen) atoms. The molecule has 5 nitrogen and oxygen atoms in total. The lowest BCUT2D eigenvalue weighted by Gasteiger charge is -2.09. The van der Waals surface area contributed by atoms with Crippen molar-refractivity contribution in [1.82, 2.24) is 15.2 Å². The van der Waals surface area contributed by atoms with E-state index in [9.17, 15) is 5.26 Å². The van der Waals surface area contributed by atoms with E-state index in [0.29, 0.717) is 17.9 Å². The second-order valence-electron chi connectivity index (χ2n) is 5.28. The van der Waals surface area contributed by atoms with E-state index in [1.807, 2.05) is 32.2 Å². The molecule has 2 N–H and O–H groups in total. The maximum absolute atomic E-state index is 9.29. The summed E-state index contributed by atoms with van der Waals surface area (Å²) in [5.41, 5.74) is 4.64. The van der Waals surface area contributed by atoms with Gasteiger partial charge in [-0.1, -0.05) is 18.2 Å². The zero-order valence-corrected chi connectivity index (χ0v) is 12.6. The number of nitrogens with zero attached hydrogens (tertiary/aromatic N) is 3. The summed E-state index contributed by atoms with van der Waals surface area (Å²) in [5.74, 6) is 0.561. The van der Waals surface area contributed by atoms with Crippen LogP contribution in [0.5, 0.6) is 0 Å². The third kappa shape index (κ3) is 2.51. The van der Waals surface area contributed by atoms with Crippen molar-refractivity contribution < 1.29 is 0 Å². The van der Waals surface area contributed by atoms with Gasteiger partial charge in [0, 0.05) is 23.6 Å². The van der Waals surface area contributed by atoms with Crippen molar-refractivity contribution in [3.8, 4) is 6.07 Å². The third-order valence-electron chi connectivity index (χ3n) is 3.93. The largest absolute Gasteiger partial charge is 0.367 e. The highest BCUT2D eigenvalue weighted by Crippen LogP contribution is 2.19. The quantitative estimate of drug-likeness (QED) is 0.774. The summed E-state index contributed by atoms with van der Waals surface area (Å²) >= 11 is 0. The van der Waals surface area contributed by atoms with Gasteiger partial charge in [0.1, 0.15) is 11.6 Å². The van der Waals surface area contributed by atoms with Crippen molar-refractivity contribution in [3.05, 3.63) is 52.8 Å². The first-order chi connectivity index (χ1) is 10.7. The molecule has 0 spiro atoms. The van der Waals surface area contributed by atoms with Gasteiger partial charge in [0.05, 0.1) is 5.69 Å². The molecule has 0 saturated heterocycles. The summed E-state index contributed by atoms with van der Waals surface area (Å²) in [6.07, 6.45) is 2.88. The van der Waals surface area contributed by atoms with Crippen molar-refractivity contribution in [1.29, 1.82) is 5.26 Å². The molecule has 0 saturated carbocycles. The Morgan fingerprint density at radius 2 is 2.05 bits per heavy atom. The van der Waals surface area contributed by atoms with E-state index < -0.39 is 0 Å². The third-order valence-corrected chi connectivity index (χ3v) is 3.93. The summed E-state index contributed by atoms with van der Waals surface area (Å²) in [5, 5.41) is 21.9. The maximum atomic E-state index is 9.29. The smallest absolute Gasteiger partial charge is 0.166 e. The lowest BCUT2D eigenvalue weighted by molar-refractivity contribution is 0.929. The predicted octanol–water partition coefficient (Wildman–Crippen LogP) is 3.10. The van der Waals surface area contributed by atoms with Crippen LogP contribution in [0.2, 0.25) is 0 Å². The molecule has 2 heterocycles. The van der Waals surface area contributed by atoms with Crippen molar-refractivity contribution in [2.45, 2.75) is 20.3 Å². The second kappa shape index (κ2) is 5.86. The van der Waals surface area contributed by atoms with Gasteiger partial charge in [-0.05, 0) is 37.5 Å². The molecular formula is C17H17N5. The molecule has 0 atom stereocenters. The first kappa shape index (κ1) is 14.1. The van der Waals surface area contributed by atoms with Gasteiger partial charge in [0.2, 0.25) is 0 Å². The number of aromatic nitrogens is 3. The van der Waals surface area contributed by atoms with Gasteiger partial charge in [-0.3, -0.25) is 0 Å². The van der Waals surface area contributed by atoms with Crippen molar-refractivity contribution in [2.75, 3.05) is 11.9 Å². The zero-order chi connectivity index (χ0) is 15.5. The number of aromatic amines is 1. The Hall–Kier alpha value is -2.87. The van der Waals surface area contributed by atoms with Gasteiger partial charge in [0.25, 0.3) is 0 Å². The van der Waals surface area contributed by atoms with Crippen LogP contribution in [-0.2, 0) is 6.42 Å². The van der Waals surface area contributed by atoms with Gasteiger partial charge in [-0.25, -0.2) is 0 Å². The van der Waals surface area contributed by atoms with Crippen LogP contribution in [0.4, 0.5) is 5.82 Å². The normalized spacial score (nSPS) is 10.6. The molecule has 2 aromatic heterocycles. The number of benzene rings is 1. The standard InChI is InChI=1S/C17H17N5/c1-11-12(2)21-22-17(15(11)9-18)19-8-7-13-10-20-16-6-4-3-5-14(13)16/h3-6,10,20H,7-8H2,1-2H3,(H,19,22). The van der Waals surface area contributed by atoms with E-state index in [4.69, 9.17) is 0 Å². The Kier molecular flexibility index (Phi) is 3.75. The molecule has 0 radical (unpaired) electrons. The second-order valence-corrected chi connectivity index (χ2v) is 5.28. The molecule has 5 heteroatoms. The first-order valence-electron chi connectivity index (χ1n) is 7.23. The fourth-order valence-electron chi connectivity index (χ4n) is 2.52. The summed E-state index contributed by atoms with van der Waals surface area (Å²) in [4.78, 5) is 3.27. The minimum Gasteiger partial charge on any atom is -0.367 e. The number of H-pyrrole nitrogens is 1. The van der Waals surface area contributed by atoms with Gasteiger partial charge in [-0.15, -0.1) is 5.10 Å². The van der Waals surface area contributed by atoms with Crippen LogP contribution in [0.1, 0.15) is 22.4 Å². The van der Waals surface area contributed by atoms with Crippen LogP contribution in [0, 0.1) is 25.2 Å². The molecule has 0 unspecified atom stereocenters. The first-order valence-corrected chi connectivity index (χ1v) is 7.23. The van der Waals surface area contributed by atoms with E-state index in [2.05, 4.69) is 38.7 Å². The number of para-hydroxylation sites is 1. The average molecular weight is 291 g/mol. The molecule has 0 aliphatic heterocycles. The lowest BCUT2D eigenvalue weighted by atomic mass is 10.1. The van der Waals surface area contributed by atoms with E-state index in [1.54, 1.807) is 0 Å². The van der Waals surface area contributed by atoms with Gasteiger partial charge >= 0.3 is 0 Å². The lowest BCUT2D eigenvalue weighted by Crippen LogP contribution is -2.10. The molecule has 0 fully saturated rings. The molecule has 0 aliphatic carbocycles. The summed E-state index contributed by atoms with van der Waals surface area (Å²) in [6, 6.07) is 10.4. The molecule has 3 aromatic rings. The number of nitrogens with one attached hydrogen (secondary N) is 2. The number of fused-ring (bicyclic) bond motifs is 1. The van der Waals surface area contributed by atoms with E-state index in [1.165, 1.54) is 10.9 Å². The predicted molar refractivity (Wildman–Crippen MR) is 86.7 cm³/mol. The van der Waals surface area contributed by atoms with E-state index in [0.717, 1.165) is 23.2 Å². The maximum Gasteiger partial charge on any atom is 0.166 e. The van der Waals surface area contributed by atoms with Crippen LogP contribution in [-0.4, -0.2) is 21.7 Å². The number of hydrogen-bond acceptors (Lipinski definition) is 4. The number of rotatable bonds is 4. The summed E-state index contributed by atoms with van der Waals surface area (Å²) < 4.78 is 0. The van der Waals surface area contributed by atoms with Crippen molar-refractivity contribution in [2.24, 2.45) is 0 Å². The minimum absolute atomic E-state index is 0.561. The van der Waals surface area contributed by atoms with Crippen molar-refractivity contribution in [3.63, 3.8) is 0 Å². The molecule has 110 valence electrons. The van der Waals surface area contributed by atoms with Gasteiger partial charge in [0.15, 0.2) is 5.82 Å². The Balaban J connectivity index is 1.74. The SMILES string of the molecule is Cc1nnc(NCCc2c[nH]c3ccccc23)c(C#N)c1C. The van der Waals surface area contributed by atoms with Crippen LogP contribution in [0.25, 0.3) is 10.9 Å². The number of aryl methyl sites for hydroxylation is 1. The molecule has 0 aliphatic rings. The fraction of sp³-hybridized carbons (Fsp3) is 0.235. The number of hydrogen-bond donors (Lipinski definition) is 2. The highest BCUT2D eigenvalue weighted by Gasteiger charge is 2.10. The van der Waals surface area contributed by atoms with Crippen molar-refractivity contribution >= 4 is 16.7 Å². The average Bonchev–Trinajstić information content (AvgIpc) is 2.94. The monoisotopic (exact) mass is 291 g/mol. The van der Waals surface area contributed by atoms with Crippen LogP contribution >= 0.6 is 0 Å². The highest BCUT2D eigenvalue weighted by molar-refractivity contribution is 5.83. The summed E-state index contributed by atoms with van der Waals surface area (Å²) in [6.45, 7) is 4.46. The molecular weight excluding hydrogens is 274 g/mol. The van der Waals surface area contributed by atoms with Crippen LogP contribution in [0.3, 0.4) is 0 Å². The number of anilines is 1. The van der Waals surface area contributed by atoms with Gasteiger partial charge < -0.3 is 10.3 Å². The Morgan fingerprint density at radius 1 is 1.23 bits per heavy atom. The summed E-state index contributed by atoms with van der Waals surface area (Å²) in [7, 11) is 0. The minimum atomic E-state index is 0.561. The van der Waals surface area contributed by atoms with E-state index in [-0.39, 0.29) is 0 Å². The van der Waals surface area contributed by atoms with Crippen LogP contribution < -0.4 is 5.32 Å².